The molecule has 0 fully saturated rings. The summed E-state index contributed by atoms with van der Waals surface area (Å²) >= 11 is 0. The zero-order valence-electron chi connectivity index (χ0n) is 11.4. The maximum absolute atomic E-state index is 12.4. The Kier molecular flexibility index (Phi) is 3.35. The fourth-order valence-corrected chi connectivity index (χ4v) is 3.31. The predicted octanol–water partition coefficient (Wildman–Crippen LogP) is 3.34. The molecule has 21 heavy (non-hydrogen) atoms. The van der Waals surface area contributed by atoms with Crippen LogP contribution in [0, 0.1) is 6.92 Å². The van der Waals surface area contributed by atoms with Gasteiger partial charge in [-0.2, -0.15) is 0 Å². The van der Waals surface area contributed by atoms with Crippen LogP contribution in [0.3, 0.4) is 0 Å². The van der Waals surface area contributed by atoms with Crippen LogP contribution in [0.5, 0.6) is 0 Å². The molecule has 1 heterocycles. The summed E-state index contributed by atoms with van der Waals surface area (Å²) in [6, 6.07) is 15.6. The van der Waals surface area contributed by atoms with E-state index in [-0.39, 0.29) is 4.90 Å². The highest BCUT2D eigenvalue weighted by atomic mass is 32.2. The van der Waals surface area contributed by atoms with Gasteiger partial charge in [0.05, 0.1) is 16.1 Å². The van der Waals surface area contributed by atoms with E-state index in [1.165, 1.54) is 0 Å². The number of anilines is 1. The molecule has 4 nitrogen and oxygen atoms in total. The third-order valence-electron chi connectivity index (χ3n) is 3.27. The molecule has 0 radical (unpaired) electrons. The van der Waals surface area contributed by atoms with Crippen molar-refractivity contribution in [3.05, 3.63) is 66.4 Å². The fraction of sp³-hybridized carbons (Fsp3) is 0.0625. The summed E-state index contributed by atoms with van der Waals surface area (Å²) in [5.41, 5.74) is 2.34. The number of sulfonamides is 1. The van der Waals surface area contributed by atoms with Crippen LogP contribution in [0.15, 0.2) is 65.7 Å². The molecule has 1 aromatic heterocycles. The molecular weight excluding hydrogens is 284 g/mol. The van der Waals surface area contributed by atoms with E-state index in [0.717, 1.165) is 16.5 Å². The van der Waals surface area contributed by atoms with E-state index in [9.17, 15) is 8.42 Å². The first-order valence-corrected chi connectivity index (χ1v) is 7.98. The molecule has 0 saturated heterocycles. The van der Waals surface area contributed by atoms with Gasteiger partial charge in [0.2, 0.25) is 0 Å². The number of aromatic nitrogens is 1. The summed E-state index contributed by atoms with van der Waals surface area (Å²) in [6.07, 6.45) is 1.70. The summed E-state index contributed by atoms with van der Waals surface area (Å²) in [5.74, 6) is 0. The number of nitrogens with one attached hydrogen (secondary N) is 1. The molecule has 0 aliphatic rings. The monoisotopic (exact) mass is 298 g/mol. The van der Waals surface area contributed by atoms with Crippen molar-refractivity contribution in [3.8, 4) is 0 Å². The van der Waals surface area contributed by atoms with Crippen LogP contribution >= 0.6 is 0 Å². The van der Waals surface area contributed by atoms with E-state index in [4.69, 9.17) is 0 Å². The SMILES string of the molecule is Cc1ccc(NS(=O)(=O)c2ccccc2)c2cccnc12. The van der Waals surface area contributed by atoms with Crippen LogP contribution < -0.4 is 4.72 Å². The molecule has 3 rings (SSSR count). The lowest BCUT2D eigenvalue weighted by atomic mass is 10.1. The molecule has 0 amide bonds. The van der Waals surface area contributed by atoms with Crippen LogP contribution in [0.2, 0.25) is 0 Å². The van der Waals surface area contributed by atoms with Gasteiger partial charge in [0.25, 0.3) is 10.0 Å². The molecule has 5 heteroatoms. The quantitative estimate of drug-likeness (QED) is 0.806. The summed E-state index contributed by atoms with van der Waals surface area (Å²) in [7, 11) is -3.60. The minimum atomic E-state index is -3.60. The van der Waals surface area contributed by atoms with Gasteiger partial charge in [0.15, 0.2) is 0 Å². The Morgan fingerprint density at radius 2 is 1.71 bits per heavy atom. The van der Waals surface area contributed by atoms with Gasteiger partial charge in [-0.1, -0.05) is 24.3 Å². The Hall–Kier alpha value is -2.40. The number of aryl methyl sites for hydroxylation is 1. The van der Waals surface area contributed by atoms with E-state index in [1.807, 2.05) is 19.1 Å². The van der Waals surface area contributed by atoms with Gasteiger partial charge >= 0.3 is 0 Å². The van der Waals surface area contributed by atoms with Gasteiger partial charge in [-0.25, -0.2) is 8.42 Å². The van der Waals surface area contributed by atoms with Crippen molar-refractivity contribution in [1.29, 1.82) is 0 Å². The number of fused-ring (bicyclic) bond motifs is 1. The van der Waals surface area contributed by atoms with Gasteiger partial charge in [0.1, 0.15) is 0 Å². The van der Waals surface area contributed by atoms with Crippen molar-refractivity contribution in [2.24, 2.45) is 0 Å². The number of nitrogens with zero attached hydrogens (tertiary/aromatic N) is 1. The van der Waals surface area contributed by atoms with Crippen molar-refractivity contribution >= 4 is 26.6 Å². The molecule has 0 unspecified atom stereocenters. The Labute approximate surface area is 123 Å². The largest absolute Gasteiger partial charge is 0.279 e. The Balaban J connectivity index is 2.09. The molecule has 2 aromatic carbocycles. The minimum absolute atomic E-state index is 0.239. The summed E-state index contributed by atoms with van der Waals surface area (Å²) in [4.78, 5) is 4.55. The standard InChI is InChI=1S/C16H14N2O2S/c1-12-9-10-15(14-8-5-11-17-16(12)14)18-21(19,20)13-6-3-2-4-7-13/h2-11,18H,1H3. The van der Waals surface area contributed by atoms with Gasteiger partial charge in [-0.05, 0) is 42.8 Å². The first-order valence-electron chi connectivity index (χ1n) is 6.50. The van der Waals surface area contributed by atoms with Crippen molar-refractivity contribution in [1.82, 2.24) is 4.98 Å². The lowest BCUT2D eigenvalue weighted by molar-refractivity contribution is 0.601. The molecule has 0 bridgehead atoms. The average molecular weight is 298 g/mol. The van der Waals surface area contributed by atoms with E-state index < -0.39 is 10.0 Å². The number of pyridine rings is 1. The second-order valence-electron chi connectivity index (χ2n) is 4.75. The third-order valence-corrected chi connectivity index (χ3v) is 4.65. The zero-order valence-corrected chi connectivity index (χ0v) is 12.3. The van der Waals surface area contributed by atoms with Gasteiger partial charge in [-0.3, -0.25) is 9.71 Å². The molecule has 106 valence electrons. The number of rotatable bonds is 3. The number of hydrogen-bond donors (Lipinski definition) is 1. The second-order valence-corrected chi connectivity index (χ2v) is 6.43. The molecule has 0 spiro atoms. The second kappa shape index (κ2) is 5.18. The average Bonchev–Trinajstić information content (AvgIpc) is 2.51. The van der Waals surface area contributed by atoms with Crippen molar-refractivity contribution in [3.63, 3.8) is 0 Å². The third kappa shape index (κ3) is 2.60. The Morgan fingerprint density at radius 1 is 0.952 bits per heavy atom. The smallest absolute Gasteiger partial charge is 0.261 e. The highest BCUT2D eigenvalue weighted by Gasteiger charge is 2.15. The first-order chi connectivity index (χ1) is 10.1. The topological polar surface area (TPSA) is 59.1 Å². The van der Waals surface area contributed by atoms with Crippen LogP contribution in [0.25, 0.3) is 10.9 Å². The predicted molar refractivity (Wildman–Crippen MR) is 83.7 cm³/mol. The van der Waals surface area contributed by atoms with E-state index in [2.05, 4.69) is 9.71 Å². The normalized spacial score (nSPS) is 11.5. The first kappa shape index (κ1) is 13.6. The highest BCUT2D eigenvalue weighted by Crippen LogP contribution is 2.26. The lowest BCUT2D eigenvalue weighted by Crippen LogP contribution is -2.13. The summed E-state index contributed by atoms with van der Waals surface area (Å²) in [6.45, 7) is 1.95. The van der Waals surface area contributed by atoms with Crippen molar-refractivity contribution in [2.75, 3.05) is 4.72 Å². The van der Waals surface area contributed by atoms with Gasteiger partial charge in [-0.15, -0.1) is 0 Å². The summed E-state index contributed by atoms with van der Waals surface area (Å²) < 4.78 is 27.4. The highest BCUT2D eigenvalue weighted by molar-refractivity contribution is 7.92. The molecule has 3 aromatic rings. The lowest BCUT2D eigenvalue weighted by Gasteiger charge is -2.11. The Morgan fingerprint density at radius 3 is 2.48 bits per heavy atom. The van der Waals surface area contributed by atoms with E-state index in [0.29, 0.717) is 5.69 Å². The van der Waals surface area contributed by atoms with Crippen LogP contribution in [0.1, 0.15) is 5.56 Å². The van der Waals surface area contributed by atoms with Gasteiger partial charge < -0.3 is 0 Å². The zero-order chi connectivity index (χ0) is 14.9. The molecule has 0 atom stereocenters. The van der Waals surface area contributed by atoms with Crippen molar-refractivity contribution < 1.29 is 8.42 Å². The number of benzene rings is 2. The summed E-state index contributed by atoms with van der Waals surface area (Å²) in [5, 5.41) is 0.789. The molecule has 0 aliphatic carbocycles. The van der Waals surface area contributed by atoms with Gasteiger partial charge in [0, 0.05) is 11.6 Å². The Bertz CT molecular complexity index is 891. The van der Waals surface area contributed by atoms with Crippen molar-refractivity contribution in [2.45, 2.75) is 11.8 Å². The molecule has 0 saturated carbocycles. The minimum Gasteiger partial charge on any atom is -0.279 e. The maximum atomic E-state index is 12.4. The number of hydrogen-bond acceptors (Lipinski definition) is 3. The maximum Gasteiger partial charge on any atom is 0.261 e. The van der Waals surface area contributed by atoms with E-state index >= 15 is 0 Å². The van der Waals surface area contributed by atoms with E-state index in [1.54, 1.807) is 48.7 Å². The molecular formula is C16H14N2O2S. The van der Waals surface area contributed by atoms with Crippen LogP contribution in [-0.2, 0) is 10.0 Å². The fourth-order valence-electron chi connectivity index (χ4n) is 2.21. The van der Waals surface area contributed by atoms with Crippen LogP contribution in [0.4, 0.5) is 5.69 Å². The van der Waals surface area contributed by atoms with Crippen LogP contribution in [-0.4, -0.2) is 13.4 Å². The molecule has 1 N–H and O–H groups in total. The molecule has 0 aliphatic heterocycles.